The van der Waals surface area contributed by atoms with Crippen LogP contribution >= 0.6 is 67.8 Å². The third-order valence-electron chi connectivity index (χ3n) is 3.13. The third kappa shape index (κ3) is 4.22. The first-order valence-electron chi connectivity index (χ1n) is 5.69. The summed E-state index contributed by atoms with van der Waals surface area (Å²) in [6, 6.07) is 4.20. The molecule has 0 aliphatic heterocycles. The fourth-order valence-corrected chi connectivity index (χ4v) is 5.75. The lowest BCUT2D eigenvalue weighted by Gasteiger charge is -2.17. The average molecular weight is 598 g/mol. The number of oxime groups is 1. The summed E-state index contributed by atoms with van der Waals surface area (Å²) in [7, 11) is 0. The number of halogens is 3. The maximum Gasteiger partial charge on any atom is 0.146 e. The first kappa shape index (κ1) is 15.9. The normalized spacial score (nSPS) is 17.3. The molecule has 0 amide bonds. The highest BCUT2D eigenvalue weighted by Crippen LogP contribution is 2.49. The van der Waals surface area contributed by atoms with Gasteiger partial charge in [0.05, 0.1) is 13.7 Å². The lowest BCUT2D eigenvalue weighted by molar-refractivity contribution is 0.233. The summed E-state index contributed by atoms with van der Waals surface area (Å²) >= 11 is 6.89. The molecule has 1 aliphatic carbocycles. The Morgan fingerprint density at radius 1 is 1.32 bits per heavy atom. The zero-order chi connectivity index (χ0) is 14.0. The number of benzene rings is 1. The van der Waals surface area contributed by atoms with Gasteiger partial charge in [0.25, 0.3) is 0 Å². The molecule has 0 heterocycles. The summed E-state index contributed by atoms with van der Waals surface area (Å²) in [6.07, 6.45) is 2.74. The molecule has 1 aliphatic rings. The number of nitrogens with zero attached hydrogens (tertiary/aromatic N) is 1. The summed E-state index contributed by atoms with van der Waals surface area (Å²) in [6.45, 7) is 0.621. The van der Waals surface area contributed by atoms with Gasteiger partial charge in [-0.05, 0) is 92.7 Å². The van der Waals surface area contributed by atoms with Crippen LogP contribution in [0.2, 0.25) is 0 Å². The number of hydrogen-bond donors (Lipinski definition) is 2. The van der Waals surface area contributed by atoms with Crippen molar-refractivity contribution in [3.63, 3.8) is 0 Å². The van der Waals surface area contributed by atoms with E-state index in [1.165, 1.54) is 3.57 Å². The van der Waals surface area contributed by atoms with Crippen molar-refractivity contribution < 1.29 is 9.94 Å². The zero-order valence-corrected chi connectivity index (χ0v) is 16.5. The predicted molar refractivity (Wildman–Crippen MR) is 99.8 cm³/mol. The molecule has 1 fully saturated rings. The second-order valence-electron chi connectivity index (χ2n) is 4.76. The number of ether oxygens (including phenoxy) is 1. The lowest BCUT2D eigenvalue weighted by Crippen LogP contribution is -2.23. The molecule has 7 heteroatoms. The van der Waals surface area contributed by atoms with E-state index in [1.54, 1.807) is 0 Å². The SMILES string of the molecule is NC(CC1(COc2c(I)cc(I)cc2I)CC1)=NO. The minimum absolute atomic E-state index is 0.0610. The smallest absolute Gasteiger partial charge is 0.146 e. The Morgan fingerprint density at radius 2 is 1.89 bits per heavy atom. The molecule has 0 spiro atoms. The molecule has 1 saturated carbocycles. The topological polar surface area (TPSA) is 67.8 Å². The molecule has 3 N–H and O–H groups in total. The highest BCUT2D eigenvalue weighted by atomic mass is 127. The summed E-state index contributed by atoms with van der Waals surface area (Å²) in [5, 5.41) is 11.7. The third-order valence-corrected chi connectivity index (χ3v) is 5.35. The highest BCUT2D eigenvalue weighted by molar-refractivity contribution is 14.1. The van der Waals surface area contributed by atoms with E-state index >= 15 is 0 Å². The minimum atomic E-state index is 0.0610. The molecule has 4 nitrogen and oxygen atoms in total. The first-order chi connectivity index (χ1) is 8.96. The molecule has 0 saturated heterocycles. The van der Waals surface area contributed by atoms with E-state index in [1.807, 2.05) is 0 Å². The van der Waals surface area contributed by atoms with Crippen LogP contribution in [0.15, 0.2) is 17.3 Å². The monoisotopic (exact) mass is 598 g/mol. The Bertz CT molecular complexity index is 493. The number of nitrogens with two attached hydrogens (primary N) is 1. The van der Waals surface area contributed by atoms with Gasteiger partial charge in [0, 0.05) is 15.4 Å². The van der Waals surface area contributed by atoms with Gasteiger partial charge < -0.3 is 15.7 Å². The van der Waals surface area contributed by atoms with Gasteiger partial charge in [0.1, 0.15) is 11.6 Å². The zero-order valence-electron chi connectivity index (χ0n) is 10.00. The molecule has 2 rings (SSSR count). The molecular formula is C12H13I3N2O2. The molecular weight excluding hydrogens is 585 g/mol. The van der Waals surface area contributed by atoms with Gasteiger partial charge in [-0.25, -0.2) is 0 Å². The van der Waals surface area contributed by atoms with Gasteiger partial charge in [-0.3, -0.25) is 0 Å². The lowest BCUT2D eigenvalue weighted by atomic mass is 10.0. The second kappa shape index (κ2) is 6.50. The van der Waals surface area contributed by atoms with Gasteiger partial charge in [0.2, 0.25) is 0 Å². The molecule has 1 aromatic carbocycles. The van der Waals surface area contributed by atoms with Crippen LogP contribution in [-0.4, -0.2) is 17.6 Å². The molecule has 0 bridgehead atoms. The molecule has 0 unspecified atom stereocenters. The molecule has 0 atom stereocenters. The molecule has 104 valence electrons. The Morgan fingerprint density at radius 3 is 2.37 bits per heavy atom. The van der Waals surface area contributed by atoms with Crippen molar-refractivity contribution in [1.29, 1.82) is 0 Å². The van der Waals surface area contributed by atoms with Crippen LogP contribution in [0.3, 0.4) is 0 Å². The van der Waals surface area contributed by atoms with E-state index in [4.69, 9.17) is 15.7 Å². The average Bonchev–Trinajstić information content (AvgIpc) is 3.07. The van der Waals surface area contributed by atoms with E-state index in [0.29, 0.717) is 13.0 Å². The fourth-order valence-electron chi connectivity index (χ4n) is 1.86. The standard InChI is InChI=1S/C12H13I3N2O2/c13-7-3-8(14)11(9(15)4-7)19-6-12(1-2-12)5-10(16)17-18/h3-4,18H,1-2,5-6H2,(H2,16,17). The van der Waals surface area contributed by atoms with Crippen LogP contribution in [0.5, 0.6) is 5.75 Å². The van der Waals surface area contributed by atoms with Gasteiger partial charge in [-0.2, -0.15) is 0 Å². The Kier molecular flexibility index (Phi) is 5.42. The van der Waals surface area contributed by atoms with Crippen molar-refractivity contribution in [1.82, 2.24) is 0 Å². The molecule has 0 radical (unpaired) electrons. The summed E-state index contributed by atoms with van der Waals surface area (Å²) in [5.41, 5.74) is 5.65. The van der Waals surface area contributed by atoms with Crippen molar-refractivity contribution in [2.75, 3.05) is 6.61 Å². The highest BCUT2D eigenvalue weighted by Gasteiger charge is 2.44. The quantitative estimate of drug-likeness (QED) is 0.179. The van der Waals surface area contributed by atoms with E-state index in [0.717, 1.165) is 25.7 Å². The summed E-state index contributed by atoms with van der Waals surface area (Å²) in [4.78, 5) is 0. The minimum Gasteiger partial charge on any atom is -0.491 e. The molecule has 1 aromatic rings. The fraction of sp³-hybridized carbons (Fsp3) is 0.417. The van der Waals surface area contributed by atoms with Crippen LogP contribution in [0.1, 0.15) is 19.3 Å². The number of hydrogen-bond acceptors (Lipinski definition) is 3. The van der Waals surface area contributed by atoms with Crippen LogP contribution in [0.25, 0.3) is 0 Å². The maximum atomic E-state index is 8.65. The van der Waals surface area contributed by atoms with Gasteiger partial charge in [-0.1, -0.05) is 5.16 Å². The molecule has 0 aromatic heterocycles. The second-order valence-corrected chi connectivity index (χ2v) is 8.33. The van der Waals surface area contributed by atoms with E-state index in [2.05, 4.69) is 85.1 Å². The van der Waals surface area contributed by atoms with Gasteiger partial charge in [0.15, 0.2) is 0 Å². The van der Waals surface area contributed by atoms with Crippen LogP contribution in [0, 0.1) is 16.1 Å². The summed E-state index contributed by atoms with van der Waals surface area (Å²) < 4.78 is 9.43. The van der Waals surface area contributed by atoms with Crippen molar-refractivity contribution in [3.8, 4) is 5.75 Å². The van der Waals surface area contributed by atoms with E-state index in [9.17, 15) is 0 Å². The first-order valence-corrected chi connectivity index (χ1v) is 8.93. The van der Waals surface area contributed by atoms with Crippen molar-refractivity contribution in [2.24, 2.45) is 16.3 Å². The largest absolute Gasteiger partial charge is 0.491 e. The van der Waals surface area contributed by atoms with Crippen LogP contribution in [0.4, 0.5) is 0 Å². The predicted octanol–water partition coefficient (Wildman–Crippen LogP) is 3.80. The molecule has 19 heavy (non-hydrogen) atoms. The van der Waals surface area contributed by atoms with Crippen LogP contribution < -0.4 is 10.5 Å². The van der Waals surface area contributed by atoms with Crippen molar-refractivity contribution in [2.45, 2.75) is 19.3 Å². The maximum absolute atomic E-state index is 8.65. The Balaban J connectivity index is 2.04. The Hall–Kier alpha value is 0.480. The van der Waals surface area contributed by atoms with E-state index in [-0.39, 0.29) is 11.3 Å². The van der Waals surface area contributed by atoms with Crippen molar-refractivity contribution in [3.05, 3.63) is 22.8 Å². The number of amidine groups is 1. The number of rotatable bonds is 5. The van der Waals surface area contributed by atoms with Crippen LogP contribution in [-0.2, 0) is 0 Å². The van der Waals surface area contributed by atoms with E-state index < -0.39 is 0 Å². The van der Waals surface area contributed by atoms with Gasteiger partial charge >= 0.3 is 0 Å². The Labute approximate surface area is 152 Å². The van der Waals surface area contributed by atoms with Gasteiger partial charge in [-0.15, -0.1) is 0 Å². The van der Waals surface area contributed by atoms with Crippen molar-refractivity contribution >= 4 is 73.6 Å². The summed E-state index contributed by atoms with van der Waals surface area (Å²) in [5.74, 6) is 1.22.